The highest BCUT2D eigenvalue weighted by Gasteiger charge is 2.18. The molecule has 0 aliphatic rings. The lowest BCUT2D eigenvalue weighted by Crippen LogP contribution is -1.97. The lowest BCUT2D eigenvalue weighted by atomic mass is 10.1. The summed E-state index contributed by atoms with van der Waals surface area (Å²) in [7, 11) is 0. The molecule has 0 aliphatic heterocycles. The van der Waals surface area contributed by atoms with Gasteiger partial charge in [-0.15, -0.1) is 11.3 Å². The highest BCUT2D eigenvalue weighted by atomic mass is 32.2. The van der Waals surface area contributed by atoms with Gasteiger partial charge in [-0.1, -0.05) is 30.0 Å². The van der Waals surface area contributed by atoms with E-state index in [1.807, 2.05) is 24.3 Å². The maximum atomic E-state index is 11.4. The number of nitrogens with two attached hydrogens (primary N) is 1. The van der Waals surface area contributed by atoms with E-state index in [1.54, 1.807) is 18.3 Å². The van der Waals surface area contributed by atoms with Crippen molar-refractivity contribution in [2.24, 2.45) is 0 Å². The molecule has 106 valence electrons. The van der Waals surface area contributed by atoms with Crippen LogP contribution >= 0.6 is 23.1 Å². The third-order valence-corrected chi connectivity index (χ3v) is 5.29. The maximum Gasteiger partial charge on any atom is 0.346 e. The number of nitrogens with zero attached hydrogens (tertiary/aromatic N) is 1. The first kappa shape index (κ1) is 13.9. The molecule has 2 heterocycles. The normalized spacial score (nSPS) is 10.9. The molecule has 3 N–H and O–H groups in total. The van der Waals surface area contributed by atoms with Crippen molar-refractivity contribution in [2.45, 2.75) is 10.8 Å². The molecule has 0 bridgehead atoms. The highest BCUT2D eigenvalue weighted by molar-refractivity contribution is 7.98. The zero-order valence-electron chi connectivity index (χ0n) is 10.9. The van der Waals surface area contributed by atoms with Crippen LogP contribution in [0, 0.1) is 0 Å². The Labute approximate surface area is 129 Å². The fourth-order valence-corrected chi connectivity index (χ4v) is 4.18. The van der Waals surface area contributed by atoms with E-state index in [2.05, 4.69) is 4.98 Å². The van der Waals surface area contributed by atoms with Gasteiger partial charge in [0, 0.05) is 16.6 Å². The Morgan fingerprint density at radius 2 is 2.10 bits per heavy atom. The summed E-state index contributed by atoms with van der Waals surface area (Å²) >= 11 is 2.77. The van der Waals surface area contributed by atoms with Gasteiger partial charge in [0.15, 0.2) is 0 Å². The molecule has 0 spiro atoms. The molecule has 2 aromatic heterocycles. The van der Waals surface area contributed by atoms with E-state index >= 15 is 0 Å². The number of thioether (sulfide) groups is 1. The van der Waals surface area contributed by atoms with Gasteiger partial charge in [-0.3, -0.25) is 0 Å². The second kappa shape index (κ2) is 5.75. The van der Waals surface area contributed by atoms with E-state index < -0.39 is 5.97 Å². The van der Waals surface area contributed by atoms with Crippen molar-refractivity contribution in [3.05, 3.63) is 53.0 Å². The number of aromatic nitrogens is 1. The average Bonchev–Trinajstić information content (AvgIpc) is 2.85. The summed E-state index contributed by atoms with van der Waals surface area (Å²) in [5.74, 6) is -0.354. The van der Waals surface area contributed by atoms with Gasteiger partial charge in [-0.25, -0.2) is 9.78 Å². The largest absolute Gasteiger partial charge is 0.477 e. The molecular weight excluding hydrogens is 304 g/mol. The third kappa shape index (κ3) is 2.72. The first-order valence-electron chi connectivity index (χ1n) is 6.24. The number of anilines is 1. The van der Waals surface area contributed by atoms with Crippen molar-refractivity contribution in [1.82, 2.24) is 4.98 Å². The van der Waals surface area contributed by atoms with Crippen LogP contribution in [-0.4, -0.2) is 16.1 Å². The first-order valence-corrected chi connectivity index (χ1v) is 8.04. The first-order chi connectivity index (χ1) is 10.2. The lowest BCUT2D eigenvalue weighted by Gasteiger charge is -2.04. The zero-order valence-corrected chi connectivity index (χ0v) is 12.6. The molecule has 3 rings (SSSR count). The summed E-state index contributed by atoms with van der Waals surface area (Å²) in [5.41, 5.74) is 7.32. The molecule has 3 aromatic rings. The molecule has 1 aromatic carbocycles. The second-order valence-corrected chi connectivity index (χ2v) is 6.41. The maximum absolute atomic E-state index is 11.4. The van der Waals surface area contributed by atoms with Crippen LogP contribution in [0.4, 0.5) is 5.69 Å². The number of aromatic carboxylic acids is 1. The van der Waals surface area contributed by atoms with Crippen molar-refractivity contribution in [2.75, 3.05) is 5.73 Å². The number of fused-ring (bicyclic) bond motifs is 1. The number of hydrogen-bond acceptors (Lipinski definition) is 5. The Morgan fingerprint density at radius 3 is 2.86 bits per heavy atom. The summed E-state index contributed by atoms with van der Waals surface area (Å²) in [6.07, 6.45) is 1.68. The number of thiophene rings is 1. The molecule has 6 heteroatoms. The van der Waals surface area contributed by atoms with E-state index in [1.165, 1.54) is 23.1 Å². The Hall–Kier alpha value is -2.05. The Kier molecular flexibility index (Phi) is 3.81. The van der Waals surface area contributed by atoms with Crippen LogP contribution in [0.2, 0.25) is 0 Å². The minimum atomic E-state index is -0.888. The van der Waals surface area contributed by atoms with Crippen molar-refractivity contribution in [3.63, 3.8) is 0 Å². The molecule has 0 saturated heterocycles. The van der Waals surface area contributed by atoms with E-state index in [0.717, 1.165) is 20.7 Å². The number of carboxylic acids is 1. The van der Waals surface area contributed by atoms with Crippen molar-refractivity contribution in [3.8, 4) is 0 Å². The van der Waals surface area contributed by atoms with Gasteiger partial charge in [0.25, 0.3) is 0 Å². The number of nitrogen functional groups attached to an aromatic ring is 1. The smallest absolute Gasteiger partial charge is 0.346 e. The van der Waals surface area contributed by atoms with E-state index in [-0.39, 0.29) is 0 Å². The van der Waals surface area contributed by atoms with Crippen molar-refractivity contribution in [1.29, 1.82) is 0 Å². The van der Waals surface area contributed by atoms with Crippen LogP contribution < -0.4 is 5.73 Å². The number of rotatable bonds is 4. The second-order valence-electron chi connectivity index (χ2n) is 4.40. The van der Waals surface area contributed by atoms with Gasteiger partial charge in [-0.05, 0) is 29.1 Å². The predicted molar refractivity (Wildman–Crippen MR) is 87.0 cm³/mol. The van der Waals surface area contributed by atoms with Crippen LogP contribution in [0.5, 0.6) is 0 Å². The highest BCUT2D eigenvalue weighted by Crippen LogP contribution is 2.36. The molecule has 0 saturated carbocycles. The monoisotopic (exact) mass is 316 g/mol. The Balaban J connectivity index is 1.98. The lowest BCUT2D eigenvalue weighted by molar-refractivity contribution is 0.0701. The number of carboxylic acid groups (broad SMARTS) is 1. The van der Waals surface area contributed by atoms with Crippen LogP contribution in [0.15, 0.2) is 47.6 Å². The third-order valence-electron chi connectivity index (χ3n) is 3.05. The number of benzene rings is 1. The Morgan fingerprint density at radius 1 is 1.29 bits per heavy atom. The minimum absolute atomic E-state index is 0.387. The standard InChI is InChI=1S/C15H12N2O2S2/c16-11-5-3-7-17-14(11)20-8-10-9-4-1-2-6-12(9)21-13(10)15(18)19/h1-7H,8,16H2,(H,18,19). The quantitative estimate of drug-likeness (QED) is 0.715. The molecule has 0 fully saturated rings. The summed E-state index contributed by atoms with van der Waals surface area (Å²) in [6, 6.07) is 11.3. The fraction of sp³-hybridized carbons (Fsp3) is 0.0667. The van der Waals surface area contributed by atoms with E-state index in [4.69, 9.17) is 5.73 Å². The number of carbonyl (C=O) groups is 1. The molecule has 0 atom stereocenters. The van der Waals surface area contributed by atoms with Crippen LogP contribution in [0.25, 0.3) is 10.1 Å². The molecule has 0 radical (unpaired) electrons. The Bertz CT molecular complexity index is 814. The fourth-order valence-electron chi connectivity index (χ4n) is 2.08. The van der Waals surface area contributed by atoms with Crippen LogP contribution in [0.3, 0.4) is 0 Å². The van der Waals surface area contributed by atoms with Gasteiger partial charge in [0.1, 0.15) is 9.90 Å². The van der Waals surface area contributed by atoms with Crippen LogP contribution in [-0.2, 0) is 5.75 Å². The summed E-state index contributed by atoms with van der Waals surface area (Å²) in [4.78, 5) is 16.0. The van der Waals surface area contributed by atoms with Gasteiger partial charge in [0.05, 0.1) is 5.69 Å². The molecular formula is C15H12N2O2S2. The molecule has 4 nitrogen and oxygen atoms in total. The summed E-state index contributed by atoms with van der Waals surface area (Å²) < 4.78 is 0.986. The topological polar surface area (TPSA) is 76.2 Å². The summed E-state index contributed by atoms with van der Waals surface area (Å²) in [6.45, 7) is 0. The number of hydrogen-bond donors (Lipinski definition) is 2. The van der Waals surface area contributed by atoms with Gasteiger partial charge in [-0.2, -0.15) is 0 Å². The molecule has 0 aliphatic carbocycles. The molecule has 0 amide bonds. The van der Waals surface area contributed by atoms with E-state index in [9.17, 15) is 9.90 Å². The van der Waals surface area contributed by atoms with Gasteiger partial charge >= 0.3 is 5.97 Å². The zero-order chi connectivity index (χ0) is 14.8. The number of pyridine rings is 1. The minimum Gasteiger partial charge on any atom is -0.477 e. The molecule has 21 heavy (non-hydrogen) atoms. The van der Waals surface area contributed by atoms with Gasteiger partial charge < -0.3 is 10.8 Å². The molecule has 0 unspecified atom stereocenters. The van der Waals surface area contributed by atoms with E-state index in [0.29, 0.717) is 16.3 Å². The van der Waals surface area contributed by atoms with Crippen molar-refractivity contribution >= 4 is 44.8 Å². The summed E-state index contributed by atoms with van der Waals surface area (Å²) in [5, 5.41) is 11.1. The van der Waals surface area contributed by atoms with Crippen molar-refractivity contribution < 1.29 is 9.90 Å². The average molecular weight is 316 g/mol. The SMILES string of the molecule is Nc1cccnc1SCc1c(C(=O)O)sc2ccccc12. The van der Waals surface area contributed by atoms with Crippen LogP contribution in [0.1, 0.15) is 15.2 Å². The van der Waals surface area contributed by atoms with Gasteiger partial charge in [0.2, 0.25) is 0 Å². The predicted octanol–water partition coefficient (Wildman–Crippen LogP) is 3.87.